The summed E-state index contributed by atoms with van der Waals surface area (Å²) >= 11 is 0. The number of aliphatic hydroxyl groups excluding tert-OH is 2. The Balaban J connectivity index is 1.65. The van der Waals surface area contributed by atoms with Gasteiger partial charge in [-0.2, -0.15) is 22.9 Å². The number of rotatable bonds is 17. The number of hydrogen-bond acceptors (Lipinski definition) is 16. The van der Waals surface area contributed by atoms with E-state index < -0.39 is 101 Å². The van der Waals surface area contributed by atoms with Gasteiger partial charge in [0.15, 0.2) is 11.5 Å². The van der Waals surface area contributed by atoms with Gasteiger partial charge in [0.1, 0.15) is 55.3 Å². The van der Waals surface area contributed by atoms with Gasteiger partial charge in [-0.25, -0.2) is 9.93 Å². The van der Waals surface area contributed by atoms with Gasteiger partial charge < -0.3 is 62.2 Å². The van der Waals surface area contributed by atoms with E-state index in [0.29, 0.717) is 11.3 Å². The molecular formula is C45H58N10O14S. The first-order valence-corrected chi connectivity index (χ1v) is 23.3. The van der Waals surface area contributed by atoms with Crippen molar-refractivity contribution in [3.05, 3.63) is 99.5 Å². The zero-order valence-corrected chi connectivity index (χ0v) is 39.7. The van der Waals surface area contributed by atoms with Crippen molar-refractivity contribution in [2.75, 3.05) is 39.9 Å². The average molecular weight is 995 g/mol. The number of carbonyl (C=O) groups excluding carboxylic acids is 4. The topological polar surface area (TPSA) is 383 Å². The van der Waals surface area contributed by atoms with Crippen LogP contribution in [-0.4, -0.2) is 143 Å². The molecule has 0 spiro atoms. The van der Waals surface area contributed by atoms with Crippen LogP contribution in [0.4, 0.5) is 0 Å². The van der Waals surface area contributed by atoms with Gasteiger partial charge in [0.2, 0.25) is 17.7 Å². The number of amides is 4. The fourth-order valence-corrected chi connectivity index (χ4v) is 7.53. The van der Waals surface area contributed by atoms with Crippen LogP contribution in [-0.2, 0) is 41.2 Å². The van der Waals surface area contributed by atoms with Crippen molar-refractivity contribution in [2.45, 2.75) is 75.9 Å². The summed E-state index contributed by atoms with van der Waals surface area (Å²) in [6.07, 6.45) is -1.69. The third kappa shape index (κ3) is 13.6. The van der Waals surface area contributed by atoms with Crippen LogP contribution in [0, 0.1) is 0 Å². The summed E-state index contributed by atoms with van der Waals surface area (Å²) in [4.78, 5) is 83.3. The Kier molecular flexibility index (Phi) is 17.4. The predicted molar refractivity (Wildman–Crippen MR) is 252 cm³/mol. The first-order valence-electron chi connectivity index (χ1n) is 21.7. The second kappa shape index (κ2) is 22.6. The van der Waals surface area contributed by atoms with E-state index in [9.17, 15) is 57.6 Å². The first kappa shape index (κ1) is 53.9. The molecule has 0 aliphatic carbocycles. The van der Waals surface area contributed by atoms with Crippen LogP contribution in [0.1, 0.15) is 60.8 Å². The average Bonchev–Trinajstić information content (AvgIpc) is 3.30. The second-order valence-electron chi connectivity index (χ2n) is 17.5. The molecule has 6 atom stereocenters. The van der Waals surface area contributed by atoms with Crippen LogP contribution in [0.2, 0.25) is 0 Å². The summed E-state index contributed by atoms with van der Waals surface area (Å²) in [6, 6.07) is 7.83. The normalized spacial score (nSPS) is 17.7. The number of aromatic nitrogens is 2. The third-order valence-electron chi connectivity index (χ3n) is 11.1. The largest absolute Gasteiger partial charge is 0.504 e. The molecule has 5 rings (SSSR count). The highest BCUT2D eigenvalue weighted by molar-refractivity contribution is 7.87. The Bertz CT molecular complexity index is 2770. The molecule has 4 amide bonds. The number of nitrogens with zero attached hydrogens (tertiary/aromatic N) is 3. The molecule has 1 aromatic heterocycles. The molecule has 1 aliphatic rings. The van der Waals surface area contributed by atoms with E-state index in [1.165, 1.54) is 31.2 Å². The molecular weight excluding hydrogens is 937 g/mol. The summed E-state index contributed by atoms with van der Waals surface area (Å²) in [5, 5.41) is 59.2. The predicted octanol–water partition coefficient (Wildman–Crippen LogP) is -1.98. The summed E-state index contributed by atoms with van der Waals surface area (Å²) in [6.45, 7) is 5.05. The van der Waals surface area contributed by atoms with E-state index in [0.717, 1.165) is 40.5 Å². The van der Waals surface area contributed by atoms with Crippen LogP contribution in [0.15, 0.2) is 71.7 Å². The fraction of sp³-hybridized carbons (Fsp3) is 0.400. The van der Waals surface area contributed by atoms with E-state index in [2.05, 4.69) is 21.0 Å². The molecule has 0 fully saturated rings. The molecule has 0 saturated heterocycles. The molecule has 378 valence electrons. The molecule has 14 N–H and O–H groups in total. The van der Waals surface area contributed by atoms with Gasteiger partial charge in [0, 0.05) is 50.3 Å². The van der Waals surface area contributed by atoms with E-state index >= 15 is 0 Å². The zero-order chi connectivity index (χ0) is 51.8. The van der Waals surface area contributed by atoms with Crippen molar-refractivity contribution in [3.8, 4) is 34.1 Å². The molecule has 70 heavy (non-hydrogen) atoms. The highest BCUT2D eigenvalue weighted by Crippen LogP contribution is 2.45. The summed E-state index contributed by atoms with van der Waals surface area (Å²) < 4.78 is 39.1. The van der Waals surface area contributed by atoms with Crippen molar-refractivity contribution in [3.63, 3.8) is 0 Å². The molecule has 25 heteroatoms. The highest BCUT2D eigenvalue weighted by atomic mass is 32.2. The minimum atomic E-state index is -4.55. The number of aliphatic hydroxyl groups is 2. The van der Waals surface area contributed by atoms with Crippen molar-refractivity contribution in [1.82, 2.24) is 35.4 Å². The standard InChI is InChI=1S/C45H58N10O14S/c1-23-40(60)52-33(44(64)65)13-24-6-11-35(68-21-29(56)17-46)31(12-24)32-14-25(15-36(39(32)59)69-22-30(57)18-47)38(42(62)51-23)54(5)43(63)34(20-50-70(48,66)67)53-41(61)26-16-37(58)55(49-19-26)28-9-7-27(8-10-28)45(2,3)4/h6-12,14-16,19,23,29-30,33-34,38,50,56-57,59H,13,17-18,20-22,46-47H2,1-5H3,(H,51,62)(H,52,60)(H,53,61)(H,64,65)(H2,48,66,67)/t23-,29+,30+,33-,34-,38?/m0/s1. The lowest BCUT2D eigenvalue weighted by Gasteiger charge is -2.32. The minimum absolute atomic E-state index is 0.00357. The van der Waals surface area contributed by atoms with Gasteiger partial charge in [-0.3, -0.25) is 24.0 Å². The van der Waals surface area contributed by atoms with E-state index in [4.69, 9.17) is 26.1 Å². The third-order valence-corrected chi connectivity index (χ3v) is 11.6. The number of carbonyl (C=O) groups is 5. The number of benzene rings is 3. The van der Waals surface area contributed by atoms with E-state index in [-0.39, 0.29) is 65.3 Å². The van der Waals surface area contributed by atoms with E-state index in [1.54, 1.807) is 12.1 Å². The van der Waals surface area contributed by atoms with Gasteiger partial charge in [-0.1, -0.05) is 39.0 Å². The van der Waals surface area contributed by atoms with Gasteiger partial charge in [-0.05, 0) is 65.4 Å². The number of aliphatic carboxylic acids is 1. The molecule has 0 radical (unpaired) electrons. The maximum atomic E-state index is 14.7. The first-order chi connectivity index (χ1) is 32.8. The molecule has 0 saturated carbocycles. The number of likely N-dealkylation sites (N-methyl/N-ethyl adjacent to an activating group) is 1. The summed E-state index contributed by atoms with van der Waals surface area (Å²) in [7, 11) is -3.45. The van der Waals surface area contributed by atoms with Crippen molar-refractivity contribution in [1.29, 1.82) is 0 Å². The Labute approximate surface area is 402 Å². The monoisotopic (exact) mass is 994 g/mol. The molecule has 4 bridgehead atoms. The van der Waals surface area contributed by atoms with Crippen LogP contribution in [0.3, 0.4) is 0 Å². The van der Waals surface area contributed by atoms with E-state index in [1.807, 2.05) is 37.6 Å². The number of carboxylic acid groups (broad SMARTS) is 1. The Morgan fingerprint density at radius 2 is 1.54 bits per heavy atom. The smallest absolute Gasteiger partial charge is 0.326 e. The molecule has 2 heterocycles. The number of nitrogens with one attached hydrogen (secondary N) is 4. The quantitative estimate of drug-likeness (QED) is 0.0546. The number of fused-ring (bicyclic) bond motifs is 5. The number of nitrogens with two attached hydrogens (primary N) is 3. The fourth-order valence-electron chi connectivity index (χ4n) is 7.14. The number of carboxylic acids is 1. The molecule has 1 aliphatic heterocycles. The maximum Gasteiger partial charge on any atom is 0.326 e. The molecule has 1 unspecified atom stereocenters. The number of aromatic hydroxyl groups is 1. The van der Waals surface area contributed by atoms with Crippen LogP contribution in [0.25, 0.3) is 16.8 Å². The molecule has 24 nitrogen and oxygen atoms in total. The number of hydrogen-bond donors (Lipinski definition) is 11. The lowest BCUT2D eigenvalue weighted by Crippen LogP contribution is -2.57. The summed E-state index contributed by atoms with van der Waals surface area (Å²) in [5.74, 6) is -6.73. The maximum absolute atomic E-state index is 14.7. The Morgan fingerprint density at radius 3 is 2.11 bits per heavy atom. The zero-order valence-electron chi connectivity index (χ0n) is 38.9. The minimum Gasteiger partial charge on any atom is -0.504 e. The SMILES string of the molecule is C[C@@H]1NC(=O)C(N(C)C(=O)[C@H](CNS(N)(=O)=O)NC(=O)c2cnn(-c3ccc(C(C)(C)C)cc3)c(=O)c2)c2cc(OC[C@H](O)CN)c(O)c(c2)-c2cc(ccc2OC[C@H](O)CN)C[C@@H](C(=O)O)NC1=O. The van der Waals surface area contributed by atoms with Crippen molar-refractivity contribution >= 4 is 39.8 Å². The lowest BCUT2D eigenvalue weighted by atomic mass is 9.87. The van der Waals surface area contributed by atoms with Crippen molar-refractivity contribution in [2.24, 2.45) is 16.6 Å². The number of phenolic OH excluding ortho intramolecular Hbond substituents is 1. The number of ether oxygens (including phenoxy) is 2. The molecule has 3 aromatic carbocycles. The second-order valence-corrected chi connectivity index (χ2v) is 18.9. The van der Waals surface area contributed by atoms with Crippen LogP contribution in [0.5, 0.6) is 17.2 Å². The van der Waals surface area contributed by atoms with Gasteiger partial charge >= 0.3 is 5.97 Å². The van der Waals surface area contributed by atoms with Crippen LogP contribution < -0.4 is 52.3 Å². The summed E-state index contributed by atoms with van der Waals surface area (Å²) in [5.41, 5.74) is 11.3. The van der Waals surface area contributed by atoms with Crippen molar-refractivity contribution < 1.29 is 62.3 Å². The number of phenols is 1. The van der Waals surface area contributed by atoms with Crippen LogP contribution >= 0.6 is 0 Å². The van der Waals surface area contributed by atoms with Gasteiger partial charge in [0.05, 0.1) is 17.4 Å². The van der Waals surface area contributed by atoms with Gasteiger partial charge in [0.25, 0.3) is 21.7 Å². The Morgan fingerprint density at radius 1 is 0.914 bits per heavy atom. The molecule has 4 aromatic rings. The Hall–Kier alpha value is -7.00. The highest BCUT2D eigenvalue weighted by Gasteiger charge is 2.37. The lowest BCUT2D eigenvalue weighted by molar-refractivity contribution is -0.143. The van der Waals surface area contributed by atoms with Gasteiger partial charge in [-0.15, -0.1) is 0 Å².